The van der Waals surface area contributed by atoms with Gasteiger partial charge in [0, 0.05) is 26.6 Å². The van der Waals surface area contributed by atoms with E-state index in [0.717, 1.165) is 19.4 Å². The van der Waals surface area contributed by atoms with Gasteiger partial charge in [-0.05, 0) is 12.3 Å². The fourth-order valence-corrected chi connectivity index (χ4v) is 1.28. The first-order valence-electron chi connectivity index (χ1n) is 6.07. The van der Waals surface area contributed by atoms with Crippen LogP contribution in [0.5, 0.6) is 0 Å². The van der Waals surface area contributed by atoms with Gasteiger partial charge in [0.1, 0.15) is 0 Å². The number of rotatable bonds is 7. The summed E-state index contributed by atoms with van der Waals surface area (Å²) in [5.41, 5.74) is 0. The minimum absolute atomic E-state index is 0.0460. The van der Waals surface area contributed by atoms with Crippen LogP contribution in [0.15, 0.2) is 0 Å². The van der Waals surface area contributed by atoms with Crippen molar-refractivity contribution in [1.82, 2.24) is 10.2 Å². The molecule has 0 aliphatic rings. The monoisotopic (exact) mass is 244 g/mol. The van der Waals surface area contributed by atoms with E-state index in [-0.39, 0.29) is 5.91 Å². The molecule has 0 aromatic rings. The van der Waals surface area contributed by atoms with Gasteiger partial charge in [0.25, 0.3) is 0 Å². The molecule has 0 spiro atoms. The van der Waals surface area contributed by atoms with Crippen molar-refractivity contribution >= 4 is 12.0 Å². The van der Waals surface area contributed by atoms with Crippen LogP contribution in [0, 0.1) is 5.92 Å². The van der Waals surface area contributed by atoms with Crippen molar-refractivity contribution in [2.75, 3.05) is 27.2 Å². The number of methoxy groups -OCH3 is 1. The fraction of sp³-hybridized carbons (Fsp3) is 0.833. The Hall–Kier alpha value is -1.26. The highest BCUT2D eigenvalue weighted by atomic mass is 16.5. The van der Waals surface area contributed by atoms with Gasteiger partial charge in [0.05, 0.1) is 7.11 Å². The number of hydrogen-bond donors (Lipinski definition) is 1. The molecule has 1 N–H and O–H groups in total. The summed E-state index contributed by atoms with van der Waals surface area (Å²) in [6, 6.07) is 0. The first kappa shape index (κ1) is 15.7. The Morgan fingerprint density at radius 1 is 1.41 bits per heavy atom. The molecule has 0 rings (SSSR count). The molecular formula is C12H24N2O3. The molecule has 1 unspecified atom stereocenters. The van der Waals surface area contributed by atoms with Gasteiger partial charge in [-0.1, -0.05) is 20.3 Å². The SMILES string of the molecule is CCC(C)CCN(C)C(=O)CCNC(=O)OC. The molecule has 0 fully saturated rings. The zero-order chi connectivity index (χ0) is 13.3. The van der Waals surface area contributed by atoms with Gasteiger partial charge in [0.15, 0.2) is 0 Å². The number of carbonyl (C=O) groups is 2. The number of amides is 2. The van der Waals surface area contributed by atoms with E-state index in [1.54, 1.807) is 11.9 Å². The summed E-state index contributed by atoms with van der Waals surface area (Å²) in [7, 11) is 3.10. The average Bonchev–Trinajstić information content (AvgIpc) is 2.34. The van der Waals surface area contributed by atoms with Crippen LogP contribution in [0.25, 0.3) is 0 Å². The van der Waals surface area contributed by atoms with Crippen LogP contribution in [0.1, 0.15) is 33.1 Å². The van der Waals surface area contributed by atoms with E-state index in [2.05, 4.69) is 23.9 Å². The summed E-state index contributed by atoms with van der Waals surface area (Å²) >= 11 is 0. The minimum Gasteiger partial charge on any atom is -0.453 e. The standard InChI is InChI=1S/C12H24N2O3/c1-5-10(2)7-9-14(3)11(15)6-8-13-12(16)17-4/h10H,5-9H2,1-4H3,(H,13,16). The lowest BCUT2D eigenvalue weighted by Gasteiger charge is -2.19. The molecule has 0 aliphatic carbocycles. The van der Waals surface area contributed by atoms with Crippen LogP contribution in [-0.4, -0.2) is 44.1 Å². The molecule has 0 bridgehead atoms. The topological polar surface area (TPSA) is 58.6 Å². The lowest BCUT2D eigenvalue weighted by molar-refractivity contribution is -0.129. The Balaban J connectivity index is 3.71. The number of nitrogens with zero attached hydrogens (tertiary/aromatic N) is 1. The van der Waals surface area contributed by atoms with E-state index in [1.807, 2.05) is 0 Å². The van der Waals surface area contributed by atoms with Gasteiger partial charge >= 0.3 is 6.09 Å². The van der Waals surface area contributed by atoms with Gasteiger partial charge in [-0.3, -0.25) is 4.79 Å². The summed E-state index contributed by atoms with van der Waals surface area (Å²) in [4.78, 5) is 24.1. The van der Waals surface area contributed by atoms with E-state index < -0.39 is 6.09 Å². The molecule has 0 radical (unpaired) electrons. The summed E-state index contributed by atoms with van der Waals surface area (Å²) in [5.74, 6) is 0.683. The third-order valence-electron chi connectivity index (χ3n) is 2.87. The lowest BCUT2D eigenvalue weighted by atomic mass is 10.1. The fourth-order valence-electron chi connectivity index (χ4n) is 1.28. The molecule has 5 nitrogen and oxygen atoms in total. The van der Waals surface area contributed by atoms with Gasteiger partial charge in [-0.25, -0.2) is 4.79 Å². The average molecular weight is 244 g/mol. The Bertz CT molecular complexity index is 244. The zero-order valence-corrected chi connectivity index (χ0v) is 11.3. The van der Waals surface area contributed by atoms with Crippen LogP contribution < -0.4 is 5.32 Å². The minimum atomic E-state index is -0.500. The van der Waals surface area contributed by atoms with E-state index in [0.29, 0.717) is 18.9 Å². The van der Waals surface area contributed by atoms with Gasteiger partial charge in [0.2, 0.25) is 5.91 Å². The molecule has 2 amide bonds. The maximum Gasteiger partial charge on any atom is 0.406 e. The molecule has 0 aromatic heterocycles. The van der Waals surface area contributed by atoms with E-state index in [4.69, 9.17) is 0 Å². The lowest BCUT2D eigenvalue weighted by Crippen LogP contribution is -2.33. The van der Waals surface area contributed by atoms with Crippen LogP contribution in [0.3, 0.4) is 0 Å². The highest BCUT2D eigenvalue weighted by Gasteiger charge is 2.10. The van der Waals surface area contributed by atoms with Crippen molar-refractivity contribution in [2.24, 2.45) is 5.92 Å². The molecule has 0 heterocycles. The molecule has 17 heavy (non-hydrogen) atoms. The molecule has 0 saturated heterocycles. The van der Waals surface area contributed by atoms with Crippen molar-refractivity contribution < 1.29 is 14.3 Å². The van der Waals surface area contributed by atoms with Crippen LogP contribution in [-0.2, 0) is 9.53 Å². The third-order valence-corrected chi connectivity index (χ3v) is 2.87. The molecule has 0 aliphatic heterocycles. The highest BCUT2D eigenvalue weighted by Crippen LogP contribution is 2.07. The highest BCUT2D eigenvalue weighted by molar-refractivity contribution is 5.76. The number of ether oxygens (including phenoxy) is 1. The number of nitrogens with one attached hydrogen (secondary N) is 1. The summed E-state index contributed by atoms with van der Waals surface area (Å²) in [6.45, 7) is 5.41. The van der Waals surface area contributed by atoms with Crippen molar-refractivity contribution in [2.45, 2.75) is 33.1 Å². The first-order chi connectivity index (χ1) is 8.01. The Morgan fingerprint density at radius 3 is 2.59 bits per heavy atom. The summed E-state index contributed by atoms with van der Waals surface area (Å²) < 4.78 is 4.41. The molecule has 1 atom stereocenters. The van der Waals surface area contributed by atoms with E-state index in [1.165, 1.54) is 7.11 Å². The smallest absolute Gasteiger partial charge is 0.406 e. The molecule has 5 heteroatoms. The van der Waals surface area contributed by atoms with E-state index >= 15 is 0 Å². The number of alkyl carbamates (subject to hydrolysis) is 1. The molecular weight excluding hydrogens is 220 g/mol. The quantitative estimate of drug-likeness (QED) is 0.740. The third kappa shape index (κ3) is 7.60. The Kier molecular flexibility index (Phi) is 8.19. The predicted octanol–water partition coefficient (Wildman–Crippen LogP) is 1.63. The molecule has 0 aromatic carbocycles. The molecule has 100 valence electrons. The van der Waals surface area contributed by atoms with Crippen molar-refractivity contribution in [3.8, 4) is 0 Å². The second kappa shape index (κ2) is 8.84. The van der Waals surface area contributed by atoms with Crippen LogP contribution in [0.2, 0.25) is 0 Å². The van der Waals surface area contributed by atoms with Crippen molar-refractivity contribution in [3.63, 3.8) is 0 Å². The Morgan fingerprint density at radius 2 is 2.06 bits per heavy atom. The van der Waals surface area contributed by atoms with Crippen LogP contribution >= 0.6 is 0 Å². The summed E-state index contributed by atoms with van der Waals surface area (Å²) in [6.07, 6.45) is 1.96. The van der Waals surface area contributed by atoms with Crippen LogP contribution in [0.4, 0.5) is 4.79 Å². The second-order valence-corrected chi connectivity index (χ2v) is 4.29. The zero-order valence-electron chi connectivity index (χ0n) is 11.3. The van der Waals surface area contributed by atoms with E-state index in [9.17, 15) is 9.59 Å². The number of carbonyl (C=O) groups excluding carboxylic acids is 2. The van der Waals surface area contributed by atoms with Gasteiger partial charge in [-0.2, -0.15) is 0 Å². The van der Waals surface area contributed by atoms with Gasteiger partial charge in [-0.15, -0.1) is 0 Å². The largest absolute Gasteiger partial charge is 0.453 e. The Labute approximate surface area is 103 Å². The van der Waals surface area contributed by atoms with Crippen molar-refractivity contribution in [1.29, 1.82) is 0 Å². The normalized spacial score (nSPS) is 11.8. The number of hydrogen-bond acceptors (Lipinski definition) is 3. The predicted molar refractivity (Wildman–Crippen MR) is 66.7 cm³/mol. The maximum absolute atomic E-state index is 11.6. The maximum atomic E-state index is 11.6. The first-order valence-corrected chi connectivity index (χ1v) is 6.07. The molecule has 0 saturated carbocycles. The summed E-state index contributed by atoms with van der Waals surface area (Å²) in [5, 5.41) is 2.49. The second-order valence-electron chi connectivity index (χ2n) is 4.29. The van der Waals surface area contributed by atoms with Gasteiger partial charge < -0.3 is 15.0 Å². The van der Waals surface area contributed by atoms with Crippen molar-refractivity contribution in [3.05, 3.63) is 0 Å².